The number of likely N-dealkylation sites (tertiary alicyclic amines) is 1. The Labute approximate surface area is 122 Å². The van der Waals surface area contributed by atoms with Crippen LogP contribution < -0.4 is 0 Å². The van der Waals surface area contributed by atoms with Crippen LogP contribution in [0.25, 0.3) is 0 Å². The molecule has 1 aliphatic carbocycles. The molecule has 0 spiro atoms. The van der Waals surface area contributed by atoms with Crippen LogP contribution in [-0.4, -0.2) is 24.0 Å². The zero-order valence-corrected chi connectivity index (χ0v) is 14.1. The molecule has 1 heterocycles. The molecule has 0 aromatic rings. The SMILES string of the molecule is CC.CC1CCC(CC2CCN(C(C)C)CC2)CC1. The van der Waals surface area contributed by atoms with Crippen molar-refractivity contribution < 1.29 is 0 Å². The zero-order valence-electron chi connectivity index (χ0n) is 14.1. The van der Waals surface area contributed by atoms with Crippen molar-refractivity contribution >= 4 is 0 Å². The molecule has 0 radical (unpaired) electrons. The van der Waals surface area contributed by atoms with Crippen molar-refractivity contribution in [3.05, 3.63) is 0 Å². The van der Waals surface area contributed by atoms with Gasteiger partial charge < -0.3 is 4.90 Å². The van der Waals surface area contributed by atoms with Gasteiger partial charge in [0.1, 0.15) is 0 Å². The van der Waals surface area contributed by atoms with E-state index >= 15 is 0 Å². The average Bonchev–Trinajstić information content (AvgIpc) is 2.44. The second-order valence-corrected chi connectivity index (χ2v) is 6.93. The van der Waals surface area contributed by atoms with E-state index < -0.39 is 0 Å². The summed E-state index contributed by atoms with van der Waals surface area (Å²) in [7, 11) is 0. The second kappa shape index (κ2) is 9.00. The van der Waals surface area contributed by atoms with Gasteiger partial charge in [-0.05, 0) is 64.0 Å². The molecular formula is C18H37N. The van der Waals surface area contributed by atoms with Gasteiger partial charge in [-0.1, -0.05) is 46.5 Å². The summed E-state index contributed by atoms with van der Waals surface area (Å²) in [4.78, 5) is 2.65. The molecular weight excluding hydrogens is 230 g/mol. The smallest absolute Gasteiger partial charge is 0.00385 e. The fraction of sp³-hybridized carbons (Fsp3) is 1.00. The van der Waals surface area contributed by atoms with E-state index in [9.17, 15) is 0 Å². The lowest BCUT2D eigenvalue weighted by atomic mass is 9.77. The maximum Gasteiger partial charge on any atom is 0.00385 e. The maximum atomic E-state index is 2.65. The van der Waals surface area contributed by atoms with Crippen molar-refractivity contribution in [2.75, 3.05) is 13.1 Å². The van der Waals surface area contributed by atoms with Crippen molar-refractivity contribution in [3.8, 4) is 0 Å². The van der Waals surface area contributed by atoms with Crippen LogP contribution in [0, 0.1) is 17.8 Å². The van der Waals surface area contributed by atoms with Crippen molar-refractivity contribution in [2.45, 2.75) is 85.6 Å². The van der Waals surface area contributed by atoms with E-state index in [2.05, 4.69) is 25.7 Å². The molecule has 2 fully saturated rings. The molecule has 19 heavy (non-hydrogen) atoms. The summed E-state index contributed by atoms with van der Waals surface area (Å²) in [6.45, 7) is 13.8. The fourth-order valence-electron chi connectivity index (χ4n) is 3.74. The van der Waals surface area contributed by atoms with Gasteiger partial charge in [-0.15, -0.1) is 0 Å². The lowest BCUT2D eigenvalue weighted by Crippen LogP contribution is -2.38. The molecule has 0 amide bonds. The highest BCUT2D eigenvalue weighted by Gasteiger charge is 2.25. The quantitative estimate of drug-likeness (QED) is 0.666. The van der Waals surface area contributed by atoms with Gasteiger partial charge >= 0.3 is 0 Å². The van der Waals surface area contributed by atoms with Gasteiger partial charge in [0.2, 0.25) is 0 Å². The van der Waals surface area contributed by atoms with Gasteiger partial charge in [0, 0.05) is 6.04 Å². The Morgan fingerprint density at radius 2 is 1.32 bits per heavy atom. The molecule has 0 bridgehead atoms. The van der Waals surface area contributed by atoms with Crippen molar-refractivity contribution in [1.82, 2.24) is 4.90 Å². The Bertz CT molecular complexity index is 208. The highest BCUT2D eigenvalue weighted by Crippen LogP contribution is 2.35. The maximum absolute atomic E-state index is 2.65. The van der Waals surface area contributed by atoms with Gasteiger partial charge in [0.25, 0.3) is 0 Å². The Hall–Kier alpha value is -0.0400. The first-order valence-corrected chi connectivity index (χ1v) is 8.89. The Morgan fingerprint density at radius 3 is 1.79 bits per heavy atom. The molecule has 0 unspecified atom stereocenters. The molecule has 1 saturated heterocycles. The number of piperidine rings is 1. The third kappa shape index (κ3) is 5.85. The molecule has 1 heteroatoms. The van der Waals surface area contributed by atoms with Crippen LogP contribution in [0.3, 0.4) is 0 Å². The zero-order chi connectivity index (χ0) is 14.3. The highest BCUT2D eigenvalue weighted by molar-refractivity contribution is 4.78. The lowest BCUT2D eigenvalue weighted by Gasteiger charge is -2.37. The predicted molar refractivity (Wildman–Crippen MR) is 86.5 cm³/mol. The molecule has 2 aliphatic rings. The van der Waals surface area contributed by atoms with Crippen molar-refractivity contribution in [2.24, 2.45) is 17.8 Å². The summed E-state index contributed by atoms with van der Waals surface area (Å²) in [6.07, 6.45) is 10.5. The van der Waals surface area contributed by atoms with E-state index in [4.69, 9.17) is 0 Å². The van der Waals surface area contributed by atoms with Gasteiger partial charge in [0.15, 0.2) is 0 Å². The van der Waals surface area contributed by atoms with Crippen molar-refractivity contribution in [3.63, 3.8) is 0 Å². The largest absolute Gasteiger partial charge is 0.301 e. The monoisotopic (exact) mass is 267 g/mol. The minimum absolute atomic E-state index is 0.756. The Kier molecular flexibility index (Phi) is 8.06. The summed E-state index contributed by atoms with van der Waals surface area (Å²) in [5.74, 6) is 3.12. The molecule has 1 aliphatic heterocycles. The average molecular weight is 268 g/mol. The molecule has 114 valence electrons. The predicted octanol–water partition coefficient (Wildman–Crippen LogP) is 5.35. The first kappa shape index (κ1) is 17.0. The number of rotatable bonds is 3. The van der Waals surface area contributed by atoms with Crippen molar-refractivity contribution in [1.29, 1.82) is 0 Å². The van der Waals surface area contributed by atoms with Gasteiger partial charge in [-0.2, -0.15) is 0 Å². The molecule has 2 rings (SSSR count). The number of hydrogen-bond acceptors (Lipinski definition) is 1. The minimum Gasteiger partial charge on any atom is -0.301 e. The minimum atomic E-state index is 0.756. The van der Waals surface area contributed by atoms with Crippen LogP contribution in [0.4, 0.5) is 0 Å². The summed E-state index contributed by atoms with van der Waals surface area (Å²) >= 11 is 0. The highest BCUT2D eigenvalue weighted by atomic mass is 15.1. The van der Waals surface area contributed by atoms with Gasteiger partial charge in [0.05, 0.1) is 0 Å². The van der Waals surface area contributed by atoms with Crippen LogP contribution in [0.1, 0.15) is 79.6 Å². The molecule has 0 aromatic carbocycles. The standard InChI is InChI=1S/C16H31N.C2H6/c1-13(2)17-10-8-16(9-11-17)12-15-6-4-14(3)5-7-15;1-2/h13-16H,4-12H2,1-3H3;1-2H3. The number of nitrogens with zero attached hydrogens (tertiary/aromatic N) is 1. The summed E-state index contributed by atoms with van der Waals surface area (Å²) in [6, 6.07) is 0.756. The van der Waals surface area contributed by atoms with Crippen LogP contribution >= 0.6 is 0 Å². The first-order chi connectivity index (χ1) is 9.15. The van der Waals surface area contributed by atoms with Crippen LogP contribution in [0.2, 0.25) is 0 Å². The van der Waals surface area contributed by atoms with Gasteiger partial charge in [-0.3, -0.25) is 0 Å². The van der Waals surface area contributed by atoms with E-state index in [-0.39, 0.29) is 0 Å². The summed E-state index contributed by atoms with van der Waals surface area (Å²) in [5, 5.41) is 0. The van der Waals surface area contributed by atoms with E-state index in [0.717, 1.165) is 23.8 Å². The normalized spacial score (nSPS) is 30.0. The van der Waals surface area contributed by atoms with Crippen LogP contribution in [0.15, 0.2) is 0 Å². The lowest BCUT2D eigenvalue weighted by molar-refractivity contribution is 0.128. The molecule has 0 atom stereocenters. The summed E-state index contributed by atoms with van der Waals surface area (Å²) in [5.41, 5.74) is 0. The van der Waals surface area contributed by atoms with E-state index in [0.29, 0.717) is 0 Å². The topological polar surface area (TPSA) is 3.24 Å². The van der Waals surface area contributed by atoms with E-state index in [1.807, 2.05) is 13.8 Å². The first-order valence-electron chi connectivity index (χ1n) is 8.89. The number of hydrogen-bond donors (Lipinski definition) is 0. The summed E-state index contributed by atoms with van der Waals surface area (Å²) < 4.78 is 0. The molecule has 1 saturated carbocycles. The Balaban J connectivity index is 0.000000861. The Morgan fingerprint density at radius 1 is 0.842 bits per heavy atom. The van der Waals surface area contributed by atoms with E-state index in [1.165, 1.54) is 51.6 Å². The molecule has 0 N–H and O–H groups in total. The third-order valence-electron chi connectivity index (χ3n) is 5.18. The van der Waals surface area contributed by atoms with Crippen LogP contribution in [-0.2, 0) is 0 Å². The third-order valence-corrected chi connectivity index (χ3v) is 5.18. The van der Waals surface area contributed by atoms with E-state index in [1.54, 1.807) is 6.42 Å². The van der Waals surface area contributed by atoms with Gasteiger partial charge in [-0.25, -0.2) is 0 Å². The fourth-order valence-corrected chi connectivity index (χ4v) is 3.74. The van der Waals surface area contributed by atoms with Crippen LogP contribution in [0.5, 0.6) is 0 Å². The molecule has 0 aromatic heterocycles. The molecule has 1 nitrogen and oxygen atoms in total. The second-order valence-electron chi connectivity index (χ2n) is 6.93.